The topological polar surface area (TPSA) is 48.1 Å². The number of ether oxygens (including phenoxy) is 1. The molecule has 0 bridgehead atoms. The number of hydrogen-bond acceptors (Lipinski definition) is 3. The van der Waals surface area contributed by atoms with Gasteiger partial charge in [0.05, 0.1) is 11.6 Å². The predicted molar refractivity (Wildman–Crippen MR) is 98.4 cm³/mol. The normalized spacial score (nSPS) is 10.7. The second-order valence-electron chi connectivity index (χ2n) is 5.79. The number of halogens is 2. The molecule has 0 fully saturated rings. The van der Waals surface area contributed by atoms with E-state index in [1.54, 1.807) is 12.1 Å². The Balaban J connectivity index is 0.00000208. The van der Waals surface area contributed by atoms with Gasteiger partial charge >= 0.3 is 0 Å². The monoisotopic (exact) mass is 346 g/mol. The molecule has 0 aliphatic heterocycles. The molecule has 1 aromatic heterocycles. The zero-order valence-corrected chi connectivity index (χ0v) is 14.4. The van der Waals surface area contributed by atoms with Crippen LogP contribution >= 0.6 is 12.4 Å². The molecule has 126 valence electrons. The van der Waals surface area contributed by atoms with Crippen molar-refractivity contribution in [2.75, 3.05) is 5.73 Å². The van der Waals surface area contributed by atoms with Gasteiger partial charge in [-0.05, 0) is 43.7 Å². The quantitative estimate of drug-likeness (QED) is 0.741. The van der Waals surface area contributed by atoms with Crippen molar-refractivity contribution >= 4 is 29.1 Å². The molecular formula is C19H20ClFN2O. The van der Waals surface area contributed by atoms with Gasteiger partial charge in [-0.3, -0.25) is 0 Å². The number of rotatable bonds is 4. The first-order valence-corrected chi connectivity index (χ1v) is 7.63. The smallest absolute Gasteiger partial charge is 0.130 e. The summed E-state index contributed by atoms with van der Waals surface area (Å²) in [5, 5.41) is 0.986. The Morgan fingerprint density at radius 3 is 2.62 bits per heavy atom. The summed E-state index contributed by atoms with van der Waals surface area (Å²) in [4.78, 5) is 4.41. The Morgan fingerprint density at radius 2 is 1.88 bits per heavy atom. The van der Waals surface area contributed by atoms with Gasteiger partial charge in [-0.15, -0.1) is 12.4 Å². The van der Waals surface area contributed by atoms with Crippen molar-refractivity contribution in [3.63, 3.8) is 0 Å². The highest BCUT2D eigenvalue weighted by Crippen LogP contribution is 2.28. The Kier molecular flexibility index (Phi) is 5.62. The summed E-state index contributed by atoms with van der Waals surface area (Å²) in [5.74, 6) is 0.672. The lowest BCUT2D eigenvalue weighted by molar-refractivity contribution is 0.239. The van der Waals surface area contributed by atoms with Crippen molar-refractivity contribution in [1.82, 2.24) is 4.98 Å². The first-order chi connectivity index (χ1) is 11.0. The van der Waals surface area contributed by atoms with Crippen LogP contribution < -0.4 is 10.5 Å². The summed E-state index contributed by atoms with van der Waals surface area (Å²) >= 11 is 0. The number of nitrogens with zero attached hydrogens (tertiary/aromatic N) is 1. The minimum atomic E-state index is -0.296. The highest BCUT2D eigenvalue weighted by atomic mass is 35.5. The number of benzene rings is 2. The maximum absolute atomic E-state index is 14.3. The van der Waals surface area contributed by atoms with Crippen molar-refractivity contribution < 1.29 is 9.13 Å². The van der Waals surface area contributed by atoms with Gasteiger partial charge in [-0.2, -0.15) is 0 Å². The van der Waals surface area contributed by atoms with Crippen LogP contribution in [0.15, 0.2) is 48.5 Å². The van der Waals surface area contributed by atoms with Gasteiger partial charge < -0.3 is 10.5 Å². The van der Waals surface area contributed by atoms with Crippen LogP contribution in [0.5, 0.6) is 5.75 Å². The fourth-order valence-electron chi connectivity index (χ4n) is 2.58. The van der Waals surface area contributed by atoms with Crippen molar-refractivity contribution in [2.24, 2.45) is 0 Å². The second kappa shape index (κ2) is 7.49. The third kappa shape index (κ3) is 3.77. The SMILES string of the molecule is CC(C)Oc1cccc(F)c1Cc1cc2ccccc2nc1N.Cl. The fourth-order valence-corrected chi connectivity index (χ4v) is 2.58. The van der Waals surface area contributed by atoms with E-state index in [2.05, 4.69) is 4.98 Å². The van der Waals surface area contributed by atoms with Gasteiger partial charge in [-0.25, -0.2) is 9.37 Å². The molecule has 1 heterocycles. The third-order valence-electron chi connectivity index (χ3n) is 3.64. The van der Waals surface area contributed by atoms with E-state index in [-0.39, 0.29) is 24.3 Å². The largest absolute Gasteiger partial charge is 0.491 e. The predicted octanol–water partition coefficient (Wildman–Crippen LogP) is 4.76. The first kappa shape index (κ1) is 18.0. The van der Waals surface area contributed by atoms with E-state index < -0.39 is 0 Å². The summed E-state index contributed by atoms with van der Waals surface area (Å²) in [6.07, 6.45) is 0.320. The van der Waals surface area contributed by atoms with Crippen LogP contribution in [0.3, 0.4) is 0 Å². The third-order valence-corrected chi connectivity index (χ3v) is 3.64. The highest BCUT2D eigenvalue weighted by Gasteiger charge is 2.14. The molecule has 0 radical (unpaired) electrons. The Morgan fingerprint density at radius 1 is 1.12 bits per heavy atom. The summed E-state index contributed by atoms with van der Waals surface area (Å²) < 4.78 is 20.0. The van der Waals surface area contributed by atoms with Gasteiger partial charge in [0, 0.05) is 17.4 Å². The van der Waals surface area contributed by atoms with E-state index in [9.17, 15) is 4.39 Å². The Bertz CT molecular complexity index is 852. The molecule has 3 rings (SSSR count). The van der Waals surface area contributed by atoms with Crippen molar-refractivity contribution in [3.05, 3.63) is 65.5 Å². The molecule has 3 aromatic rings. The van der Waals surface area contributed by atoms with Crippen LogP contribution in [-0.2, 0) is 6.42 Å². The molecule has 0 saturated heterocycles. The lowest BCUT2D eigenvalue weighted by atomic mass is 10.0. The Labute approximate surface area is 147 Å². The number of anilines is 1. The van der Waals surface area contributed by atoms with Crippen LogP contribution in [0.1, 0.15) is 25.0 Å². The van der Waals surface area contributed by atoms with E-state index in [4.69, 9.17) is 10.5 Å². The van der Waals surface area contributed by atoms with Gasteiger partial charge in [-0.1, -0.05) is 24.3 Å². The molecular weight excluding hydrogens is 327 g/mol. The molecule has 0 unspecified atom stereocenters. The molecule has 0 spiro atoms. The molecule has 0 saturated carbocycles. The molecule has 2 N–H and O–H groups in total. The lowest BCUT2D eigenvalue weighted by Gasteiger charge is -2.15. The number of hydrogen-bond donors (Lipinski definition) is 1. The number of pyridine rings is 1. The van der Waals surface area contributed by atoms with Crippen LogP contribution in [0, 0.1) is 5.82 Å². The standard InChI is InChI=1S/C19H19FN2O.ClH/c1-12(2)23-18-9-5-7-16(20)15(18)11-14-10-13-6-3-4-8-17(13)22-19(14)21;/h3-10,12H,11H2,1-2H3,(H2,21,22);1H. The summed E-state index contributed by atoms with van der Waals surface area (Å²) in [7, 11) is 0. The fraction of sp³-hybridized carbons (Fsp3) is 0.211. The number of fused-ring (bicyclic) bond motifs is 1. The average Bonchev–Trinajstić information content (AvgIpc) is 2.50. The van der Waals surface area contributed by atoms with E-state index in [1.165, 1.54) is 6.07 Å². The first-order valence-electron chi connectivity index (χ1n) is 7.63. The number of nitrogen functional groups attached to an aromatic ring is 1. The van der Waals surface area contributed by atoms with Gasteiger partial charge in [0.2, 0.25) is 0 Å². The Hall–Kier alpha value is -2.33. The minimum absolute atomic E-state index is 0. The zero-order valence-electron chi connectivity index (χ0n) is 13.6. The lowest BCUT2D eigenvalue weighted by Crippen LogP contribution is -2.09. The molecule has 0 aliphatic rings. The second-order valence-corrected chi connectivity index (χ2v) is 5.79. The maximum atomic E-state index is 14.3. The van der Waals surface area contributed by atoms with E-state index >= 15 is 0 Å². The summed E-state index contributed by atoms with van der Waals surface area (Å²) in [6.45, 7) is 3.83. The van der Waals surface area contributed by atoms with Crippen LogP contribution in [0.2, 0.25) is 0 Å². The van der Waals surface area contributed by atoms with Crippen LogP contribution in [0.25, 0.3) is 10.9 Å². The molecule has 0 aliphatic carbocycles. The highest BCUT2D eigenvalue weighted by molar-refractivity contribution is 5.85. The van der Waals surface area contributed by atoms with Crippen molar-refractivity contribution in [2.45, 2.75) is 26.4 Å². The molecule has 24 heavy (non-hydrogen) atoms. The van der Waals surface area contributed by atoms with Crippen molar-refractivity contribution in [3.8, 4) is 5.75 Å². The molecule has 0 atom stereocenters. The molecule has 2 aromatic carbocycles. The van der Waals surface area contributed by atoms with Gasteiger partial charge in [0.15, 0.2) is 0 Å². The summed E-state index contributed by atoms with van der Waals surface area (Å²) in [5.41, 5.74) is 8.19. The molecule has 0 amide bonds. The number of aromatic nitrogens is 1. The van der Waals surface area contributed by atoms with Crippen LogP contribution in [-0.4, -0.2) is 11.1 Å². The van der Waals surface area contributed by atoms with Crippen LogP contribution in [0.4, 0.5) is 10.2 Å². The molecule has 3 nitrogen and oxygen atoms in total. The average molecular weight is 347 g/mol. The number of para-hydroxylation sites is 1. The van der Waals surface area contributed by atoms with Crippen molar-refractivity contribution in [1.29, 1.82) is 0 Å². The maximum Gasteiger partial charge on any atom is 0.130 e. The molecule has 5 heteroatoms. The summed E-state index contributed by atoms with van der Waals surface area (Å²) in [6, 6.07) is 14.6. The van der Waals surface area contributed by atoms with E-state index in [0.717, 1.165) is 16.5 Å². The zero-order chi connectivity index (χ0) is 16.4. The number of nitrogens with two attached hydrogens (primary N) is 1. The van der Waals surface area contributed by atoms with E-state index in [1.807, 2.05) is 44.2 Å². The minimum Gasteiger partial charge on any atom is -0.491 e. The van der Waals surface area contributed by atoms with Gasteiger partial charge in [0.25, 0.3) is 0 Å². The van der Waals surface area contributed by atoms with Gasteiger partial charge in [0.1, 0.15) is 17.4 Å². The van der Waals surface area contributed by atoms with E-state index in [0.29, 0.717) is 23.6 Å².